The molecule has 0 aromatic heterocycles. The molecule has 0 radical (unpaired) electrons. The lowest BCUT2D eigenvalue weighted by Crippen LogP contribution is -2.22. The summed E-state index contributed by atoms with van der Waals surface area (Å²) < 4.78 is 47.8. The van der Waals surface area contributed by atoms with E-state index in [1.54, 1.807) is 0 Å². The molecule has 0 bridgehead atoms. The largest absolute Gasteiger partial charge is 0.379 e. The summed E-state index contributed by atoms with van der Waals surface area (Å²) in [7, 11) is 0. The molecular weight excluding hydrogens is 851 g/mol. The topological polar surface area (TPSA) is 83.1 Å². The second-order valence-electron chi connectivity index (χ2n) is 21.4. The first-order valence-corrected chi connectivity index (χ1v) is 24.6. The van der Waals surface area contributed by atoms with E-state index < -0.39 is 0 Å². The van der Waals surface area contributed by atoms with E-state index in [1.165, 1.54) is 12.8 Å². The molecule has 0 aromatic rings. The van der Waals surface area contributed by atoms with Crippen molar-refractivity contribution in [3.63, 3.8) is 0 Å². The fraction of sp³-hybridized carbons (Fsp3) is 0.925. The average Bonchev–Trinajstić information content (AvgIpc) is 3.10. The van der Waals surface area contributed by atoms with Gasteiger partial charge in [-0.1, -0.05) is 44.7 Å². The molecule has 0 unspecified atom stereocenters. The molecule has 0 spiro atoms. The Balaban J connectivity index is -0.000000120. The van der Waals surface area contributed by atoms with E-state index in [4.69, 9.17) is 78.7 Å². The van der Waals surface area contributed by atoms with Gasteiger partial charge in [-0.2, -0.15) is 0 Å². The van der Waals surface area contributed by atoms with Gasteiger partial charge < -0.3 is 42.6 Å². The number of terminal acetylenes is 2. The van der Waals surface area contributed by atoms with E-state index in [0.717, 1.165) is 45.7 Å². The Kier molecular flexibility index (Phi) is 57.4. The predicted molar refractivity (Wildman–Crippen MR) is 281 cm³/mol. The van der Waals surface area contributed by atoms with Gasteiger partial charge in [-0.15, -0.1) is 30.4 Å². The number of hydrogen-bond acceptors (Lipinski definition) is 9. The lowest BCUT2D eigenvalue weighted by molar-refractivity contribution is -0.0424. The van der Waals surface area contributed by atoms with Gasteiger partial charge in [0.05, 0.1) is 72.2 Å². The van der Waals surface area contributed by atoms with Crippen LogP contribution in [0, 0.1) is 24.7 Å². The van der Waals surface area contributed by atoms with Crippen LogP contribution >= 0.6 is 23.2 Å². The van der Waals surface area contributed by atoms with Crippen LogP contribution in [0.5, 0.6) is 0 Å². The molecule has 0 saturated carbocycles. The fourth-order valence-corrected chi connectivity index (χ4v) is 3.51. The van der Waals surface area contributed by atoms with Crippen molar-refractivity contribution in [3.05, 3.63) is 0 Å². The van der Waals surface area contributed by atoms with E-state index in [1.807, 2.05) is 104 Å². The number of unbranched alkanes of at least 4 members (excludes halogenated alkanes) is 1. The summed E-state index contributed by atoms with van der Waals surface area (Å²) in [5.41, 5.74) is -0.190. The molecule has 0 amide bonds. The number of rotatable bonds is 20. The number of alkyl halides is 2. The molecule has 0 aromatic carbocycles. The summed E-state index contributed by atoms with van der Waals surface area (Å²) in [6.07, 6.45) is 16.2. The van der Waals surface area contributed by atoms with Crippen LogP contribution in [0.25, 0.3) is 0 Å². The molecular formula is C53H110Cl2O9. The molecule has 0 atom stereocenters. The van der Waals surface area contributed by atoms with E-state index in [-0.39, 0.29) is 45.3 Å². The summed E-state index contributed by atoms with van der Waals surface area (Å²) >= 11 is 10.7. The van der Waals surface area contributed by atoms with E-state index in [2.05, 4.69) is 74.2 Å². The molecule has 0 saturated heterocycles. The summed E-state index contributed by atoms with van der Waals surface area (Å²) in [5.74, 6) is 5.61. The van der Waals surface area contributed by atoms with Gasteiger partial charge in [-0.05, 0) is 171 Å². The lowest BCUT2D eigenvalue weighted by Gasteiger charge is -2.19. The molecule has 0 fully saturated rings. The van der Waals surface area contributed by atoms with Crippen molar-refractivity contribution in [1.82, 2.24) is 0 Å². The third-order valence-electron chi connectivity index (χ3n) is 5.93. The highest BCUT2D eigenvalue weighted by molar-refractivity contribution is 6.17. The van der Waals surface area contributed by atoms with Crippen LogP contribution in [0.3, 0.4) is 0 Å². The summed E-state index contributed by atoms with van der Waals surface area (Å²) in [5, 5.41) is 0. The minimum atomic E-state index is -0.0909. The Hall–Kier alpha value is -0.660. The highest BCUT2D eigenvalue weighted by atomic mass is 35.5. The Labute approximate surface area is 410 Å². The third-order valence-corrected chi connectivity index (χ3v) is 6.30. The second kappa shape index (κ2) is 47.4. The van der Waals surface area contributed by atoms with Crippen molar-refractivity contribution in [2.75, 3.05) is 78.0 Å². The maximum absolute atomic E-state index is 5.49. The van der Waals surface area contributed by atoms with Gasteiger partial charge in [0.15, 0.2) is 0 Å². The Morgan fingerprint density at radius 2 is 0.672 bits per heavy atom. The average molecular weight is 962 g/mol. The molecule has 11 heteroatoms. The van der Waals surface area contributed by atoms with Gasteiger partial charge in [0, 0.05) is 38.7 Å². The molecule has 9 nitrogen and oxygen atoms in total. The predicted octanol–water partition coefficient (Wildman–Crippen LogP) is 14.7. The standard InChI is InChI=1S/C11H24O3.C8H18O.C8H14O.C7H15ClO.C7H16O.C7H12O.C5H11ClO/c1-5-6-12-7-8-13-9-10-14-11(2,3)4;2*1-5-6-7-9-8(2,3)4;1-7(2,3)9-6-4-5-8;2*1-5-6-8-7(2,3)4;1-5(2,3)7-4-6/h5-10H2,1-4H3;5-7H2,1-4H3;1H,6-7H2,2-4H3;4-6H2,1-3H3;5-6H2,1-4H3;1H,6H2,2-4H3;4H2,1-3H3. The van der Waals surface area contributed by atoms with Crippen molar-refractivity contribution in [1.29, 1.82) is 0 Å². The summed E-state index contributed by atoms with van der Waals surface area (Å²) in [4.78, 5) is 0. The first kappa shape index (κ1) is 77.5. The second-order valence-corrected chi connectivity index (χ2v) is 21.9. The smallest absolute Gasteiger partial charge is 0.121 e. The van der Waals surface area contributed by atoms with Crippen molar-refractivity contribution in [2.24, 2.45) is 0 Å². The molecule has 64 heavy (non-hydrogen) atoms. The van der Waals surface area contributed by atoms with Crippen LogP contribution in [0.4, 0.5) is 0 Å². The van der Waals surface area contributed by atoms with Crippen molar-refractivity contribution in [2.45, 2.75) is 244 Å². The normalized spacial score (nSPS) is 11.7. The van der Waals surface area contributed by atoms with Gasteiger partial charge in [0.25, 0.3) is 0 Å². The van der Waals surface area contributed by atoms with Crippen molar-refractivity contribution in [3.8, 4) is 24.7 Å². The van der Waals surface area contributed by atoms with E-state index in [9.17, 15) is 0 Å². The van der Waals surface area contributed by atoms with Crippen molar-refractivity contribution < 1.29 is 42.6 Å². The highest BCUT2D eigenvalue weighted by Crippen LogP contribution is 2.10. The van der Waals surface area contributed by atoms with Crippen LogP contribution in [0.1, 0.15) is 205 Å². The zero-order chi connectivity index (χ0) is 52.0. The summed E-state index contributed by atoms with van der Waals surface area (Å²) in [6.45, 7) is 56.1. The Morgan fingerprint density at radius 1 is 0.344 bits per heavy atom. The first-order valence-electron chi connectivity index (χ1n) is 23.5. The maximum Gasteiger partial charge on any atom is 0.121 e. The molecule has 390 valence electrons. The zero-order valence-corrected chi connectivity index (χ0v) is 48.3. The van der Waals surface area contributed by atoms with E-state index >= 15 is 0 Å². The minimum absolute atomic E-state index is 0.00788. The molecule has 0 N–H and O–H groups in total. The molecule has 0 rings (SSSR count). The van der Waals surface area contributed by atoms with Gasteiger partial charge >= 0.3 is 0 Å². The number of hydrogen-bond donors (Lipinski definition) is 0. The number of halogens is 2. The quantitative estimate of drug-likeness (QED) is 0.0673. The molecule has 0 heterocycles. The van der Waals surface area contributed by atoms with Crippen LogP contribution in [-0.4, -0.2) is 117 Å². The monoisotopic (exact) mass is 961 g/mol. The molecule has 0 aliphatic heterocycles. The van der Waals surface area contributed by atoms with Crippen LogP contribution in [0.15, 0.2) is 0 Å². The SMILES string of the molecule is C#CCCOC(C)(C)C.C#CCOC(C)(C)C.CC(C)(C)OCCCCl.CC(C)(C)OCCl.CCCCOC(C)(C)C.CCCOC(C)(C)C.CCCOCCOCCOC(C)(C)C. The number of ether oxygens (including phenoxy) is 9. The maximum atomic E-state index is 5.49. The Bertz CT molecular complexity index is 971. The lowest BCUT2D eigenvalue weighted by atomic mass is 10.2. The van der Waals surface area contributed by atoms with Gasteiger partial charge in [-0.3, -0.25) is 0 Å². The highest BCUT2D eigenvalue weighted by Gasteiger charge is 2.11. The Morgan fingerprint density at radius 3 is 0.938 bits per heavy atom. The molecule has 0 aliphatic rings. The van der Waals surface area contributed by atoms with E-state index in [0.29, 0.717) is 51.9 Å². The minimum Gasteiger partial charge on any atom is -0.379 e. The van der Waals surface area contributed by atoms with Crippen LogP contribution in [-0.2, 0) is 42.6 Å². The van der Waals surface area contributed by atoms with Crippen LogP contribution in [0.2, 0.25) is 0 Å². The van der Waals surface area contributed by atoms with Crippen LogP contribution < -0.4 is 0 Å². The summed E-state index contributed by atoms with van der Waals surface area (Å²) in [6, 6.07) is 0.281. The van der Waals surface area contributed by atoms with Gasteiger partial charge in [0.1, 0.15) is 12.7 Å². The first-order chi connectivity index (χ1) is 28.9. The van der Waals surface area contributed by atoms with Crippen molar-refractivity contribution >= 4 is 23.2 Å². The fourth-order valence-electron chi connectivity index (χ4n) is 3.07. The van der Waals surface area contributed by atoms with Gasteiger partial charge in [0.2, 0.25) is 0 Å². The molecule has 0 aliphatic carbocycles. The van der Waals surface area contributed by atoms with Gasteiger partial charge in [-0.25, -0.2) is 0 Å². The third kappa shape index (κ3) is 125. The zero-order valence-electron chi connectivity index (χ0n) is 46.8.